The SMILES string of the molecule is CSC(=Nc1cc(Oc2ccc(F)cc2)cc([N+](=O)[O-])c1)NC#N. The second kappa shape index (κ2) is 7.94. The molecule has 0 amide bonds. The largest absolute Gasteiger partial charge is 0.457 e. The Balaban J connectivity index is 2.39. The van der Waals surface area contributed by atoms with E-state index in [0.717, 1.165) is 0 Å². The maximum atomic E-state index is 12.9. The topological polar surface area (TPSA) is 101 Å². The van der Waals surface area contributed by atoms with E-state index in [4.69, 9.17) is 10.00 Å². The first-order valence-electron chi connectivity index (χ1n) is 6.52. The maximum absolute atomic E-state index is 12.9. The van der Waals surface area contributed by atoms with Crippen molar-refractivity contribution in [3.8, 4) is 17.7 Å². The molecule has 0 heterocycles. The molecule has 0 fully saturated rings. The summed E-state index contributed by atoms with van der Waals surface area (Å²) in [5, 5.41) is 22.4. The van der Waals surface area contributed by atoms with Gasteiger partial charge in [0, 0.05) is 12.1 Å². The molecular formula is C15H11FN4O3S. The number of nitro groups is 1. The number of ether oxygens (including phenoxy) is 1. The van der Waals surface area contributed by atoms with Crippen molar-refractivity contribution in [2.45, 2.75) is 0 Å². The highest BCUT2D eigenvalue weighted by Crippen LogP contribution is 2.31. The third-order valence-corrected chi connectivity index (χ3v) is 3.30. The fourth-order valence-electron chi connectivity index (χ4n) is 1.73. The number of nitrogens with zero attached hydrogens (tertiary/aromatic N) is 3. The van der Waals surface area contributed by atoms with E-state index in [1.165, 1.54) is 54.2 Å². The molecule has 0 aromatic heterocycles. The molecule has 0 bridgehead atoms. The first kappa shape index (κ1) is 17.2. The number of aliphatic imine (C=N–C) groups is 1. The Morgan fingerprint density at radius 2 is 2.04 bits per heavy atom. The summed E-state index contributed by atoms with van der Waals surface area (Å²) in [5.41, 5.74) is 0.0270. The first-order chi connectivity index (χ1) is 11.5. The van der Waals surface area contributed by atoms with Crippen molar-refractivity contribution in [3.63, 3.8) is 0 Å². The van der Waals surface area contributed by atoms with Crippen molar-refractivity contribution in [1.29, 1.82) is 5.26 Å². The van der Waals surface area contributed by atoms with Crippen LogP contribution in [0.3, 0.4) is 0 Å². The summed E-state index contributed by atoms with van der Waals surface area (Å²) in [7, 11) is 0. The number of benzene rings is 2. The van der Waals surface area contributed by atoms with Gasteiger partial charge in [0.15, 0.2) is 11.4 Å². The Morgan fingerprint density at radius 3 is 2.62 bits per heavy atom. The molecule has 0 aliphatic heterocycles. The van der Waals surface area contributed by atoms with Crippen LogP contribution in [0.25, 0.3) is 0 Å². The first-order valence-corrected chi connectivity index (χ1v) is 7.75. The lowest BCUT2D eigenvalue weighted by atomic mass is 10.2. The quantitative estimate of drug-likeness (QED) is 0.225. The minimum atomic E-state index is -0.576. The number of hydrogen-bond acceptors (Lipinski definition) is 6. The van der Waals surface area contributed by atoms with Crippen LogP contribution in [-0.4, -0.2) is 16.3 Å². The number of thioether (sulfide) groups is 1. The highest BCUT2D eigenvalue weighted by molar-refractivity contribution is 8.13. The van der Waals surface area contributed by atoms with E-state index in [1.54, 1.807) is 12.4 Å². The van der Waals surface area contributed by atoms with E-state index in [2.05, 4.69) is 10.3 Å². The van der Waals surface area contributed by atoms with Crippen molar-refractivity contribution in [2.75, 3.05) is 6.26 Å². The Bertz CT molecular complexity index is 818. The van der Waals surface area contributed by atoms with Crippen molar-refractivity contribution in [3.05, 3.63) is 58.4 Å². The van der Waals surface area contributed by atoms with Crippen LogP contribution in [0.5, 0.6) is 11.5 Å². The van der Waals surface area contributed by atoms with Crippen LogP contribution in [-0.2, 0) is 0 Å². The highest BCUT2D eigenvalue weighted by Gasteiger charge is 2.12. The summed E-state index contributed by atoms with van der Waals surface area (Å²) in [5.74, 6) is 0.0814. The van der Waals surface area contributed by atoms with Crippen LogP contribution >= 0.6 is 11.8 Å². The Labute approximate surface area is 140 Å². The Morgan fingerprint density at radius 1 is 1.33 bits per heavy atom. The molecule has 9 heteroatoms. The zero-order valence-corrected chi connectivity index (χ0v) is 13.2. The molecule has 122 valence electrons. The van der Waals surface area contributed by atoms with Gasteiger partial charge in [-0.3, -0.25) is 15.4 Å². The Hall–Kier alpha value is -3.12. The average molecular weight is 346 g/mol. The number of nitriles is 1. The van der Waals surface area contributed by atoms with Gasteiger partial charge in [-0.05, 0) is 30.5 Å². The van der Waals surface area contributed by atoms with E-state index in [0.29, 0.717) is 5.75 Å². The lowest BCUT2D eigenvalue weighted by molar-refractivity contribution is -0.384. The van der Waals surface area contributed by atoms with E-state index >= 15 is 0 Å². The molecule has 0 aliphatic rings. The third kappa shape index (κ3) is 4.69. The van der Waals surface area contributed by atoms with Crippen molar-refractivity contribution in [2.24, 2.45) is 4.99 Å². The zero-order valence-electron chi connectivity index (χ0n) is 12.4. The molecule has 2 aromatic rings. The molecular weight excluding hydrogens is 335 g/mol. The minimum Gasteiger partial charge on any atom is -0.457 e. The Kier molecular flexibility index (Phi) is 5.70. The second-order valence-electron chi connectivity index (χ2n) is 4.36. The summed E-state index contributed by atoms with van der Waals surface area (Å²) in [6.45, 7) is 0. The summed E-state index contributed by atoms with van der Waals surface area (Å²) in [4.78, 5) is 14.6. The van der Waals surface area contributed by atoms with Crippen LogP contribution in [0.4, 0.5) is 15.8 Å². The monoisotopic (exact) mass is 346 g/mol. The van der Waals surface area contributed by atoms with Gasteiger partial charge >= 0.3 is 0 Å². The van der Waals surface area contributed by atoms with Gasteiger partial charge in [0.1, 0.15) is 17.3 Å². The van der Waals surface area contributed by atoms with E-state index in [1.807, 2.05) is 0 Å². The van der Waals surface area contributed by atoms with Gasteiger partial charge in [-0.1, -0.05) is 11.8 Å². The van der Waals surface area contributed by atoms with Crippen LogP contribution in [0, 0.1) is 27.4 Å². The van der Waals surface area contributed by atoms with E-state index in [9.17, 15) is 14.5 Å². The molecule has 0 saturated carbocycles. The smallest absolute Gasteiger partial charge is 0.275 e. The standard InChI is InChI=1S/C15H11FN4O3S/c1-24-15(18-9-17)19-11-6-12(20(21)22)8-14(7-11)23-13-4-2-10(16)3-5-13/h2-8H,1H3,(H,18,19). The van der Waals surface area contributed by atoms with E-state index in [-0.39, 0.29) is 22.3 Å². The van der Waals surface area contributed by atoms with Crippen molar-refractivity contribution in [1.82, 2.24) is 5.32 Å². The number of nitrogens with one attached hydrogen (secondary N) is 1. The van der Waals surface area contributed by atoms with Gasteiger partial charge < -0.3 is 4.74 Å². The van der Waals surface area contributed by atoms with E-state index < -0.39 is 10.7 Å². The van der Waals surface area contributed by atoms with Crippen LogP contribution < -0.4 is 10.1 Å². The predicted octanol–water partition coefficient (Wildman–Crippen LogP) is 3.95. The molecule has 0 spiro atoms. The lowest BCUT2D eigenvalue weighted by Gasteiger charge is -2.07. The molecule has 24 heavy (non-hydrogen) atoms. The third-order valence-electron chi connectivity index (χ3n) is 2.72. The molecule has 0 unspecified atom stereocenters. The van der Waals surface area contributed by atoms with Crippen LogP contribution in [0.15, 0.2) is 47.5 Å². The van der Waals surface area contributed by atoms with Gasteiger partial charge in [0.2, 0.25) is 0 Å². The molecule has 2 rings (SSSR count). The number of hydrogen-bond donors (Lipinski definition) is 1. The van der Waals surface area contributed by atoms with Crippen molar-refractivity contribution >= 4 is 28.3 Å². The van der Waals surface area contributed by atoms with Gasteiger partial charge in [0.25, 0.3) is 5.69 Å². The fourth-order valence-corrected chi connectivity index (χ4v) is 2.07. The summed E-state index contributed by atoms with van der Waals surface area (Å²) in [6, 6.07) is 9.21. The zero-order chi connectivity index (χ0) is 17.5. The lowest BCUT2D eigenvalue weighted by Crippen LogP contribution is -2.12. The van der Waals surface area contributed by atoms with Crippen molar-refractivity contribution < 1.29 is 14.1 Å². The van der Waals surface area contributed by atoms with Crippen LogP contribution in [0.1, 0.15) is 0 Å². The fraction of sp³-hybridized carbons (Fsp3) is 0.0667. The molecule has 0 radical (unpaired) electrons. The molecule has 1 N–H and O–H groups in total. The molecule has 0 saturated heterocycles. The van der Waals surface area contributed by atoms with Gasteiger partial charge in [-0.25, -0.2) is 9.38 Å². The van der Waals surface area contributed by atoms with Gasteiger partial charge in [0.05, 0.1) is 16.7 Å². The van der Waals surface area contributed by atoms with Crippen LogP contribution in [0.2, 0.25) is 0 Å². The molecule has 0 aliphatic carbocycles. The number of halogens is 1. The second-order valence-corrected chi connectivity index (χ2v) is 5.15. The average Bonchev–Trinajstić information content (AvgIpc) is 2.56. The summed E-state index contributed by atoms with van der Waals surface area (Å²) < 4.78 is 18.4. The van der Waals surface area contributed by atoms with Gasteiger partial charge in [-0.15, -0.1) is 0 Å². The number of amidine groups is 1. The number of rotatable bonds is 4. The predicted molar refractivity (Wildman–Crippen MR) is 88.9 cm³/mol. The molecule has 7 nitrogen and oxygen atoms in total. The normalized spacial score (nSPS) is 10.8. The summed E-state index contributed by atoms with van der Waals surface area (Å²) in [6.07, 6.45) is 3.44. The molecule has 2 aromatic carbocycles. The number of non-ortho nitro benzene ring substituents is 1. The summed E-state index contributed by atoms with van der Waals surface area (Å²) >= 11 is 1.18. The minimum absolute atomic E-state index is 0.173. The van der Waals surface area contributed by atoms with Gasteiger partial charge in [-0.2, -0.15) is 5.26 Å². The number of nitro benzene ring substituents is 1. The molecule has 0 atom stereocenters. The highest BCUT2D eigenvalue weighted by atomic mass is 32.2. The maximum Gasteiger partial charge on any atom is 0.275 e.